The third-order valence-corrected chi connectivity index (χ3v) is 3.64. The molecule has 0 atom stereocenters. The van der Waals surface area contributed by atoms with Crippen LogP contribution in [0.2, 0.25) is 0 Å². The number of halogens is 1. The summed E-state index contributed by atoms with van der Waals surface area (Å²) in [6.07, 6.45) is 1.94. The van der Waals surface area contributed by atoms with Crippen LogP contribution in [-0.4, -0.2) is 35.1 Å². The highest BCUT2D eigenvalue weighted by atomic mass is 19.1. The monoisotopic (exact) mass is 294 g/mol. The van der Waals surface area contributed by atoms with E-state index in [9.17, 15) is 14.0 Å². The number of nitrogens with one attached hydrogen (secondary N) is 1. The lowest BCUT2D eigenvalue weighted by Crippen LogP contribution is -2.45. The van der Waals surface area contributed by atoms with Crippen LogP contribution < -0.4 is 5.32 Å². The molecule has 2 rings (SSSR count). The molecule has 0 spiro atoms. The summed E-state index contributed by atoms with van der Waals surface area (Å²) in [7, 11) is 0. The number of piperidine rings is 1. The maximum absolute atomic E-state index is 13.3. The first kappa shape index (κ1) is 15.3. The Kier molecular flexibility index (Phi) is 4.16. The van der Waals surface area contributed by atoms with Crippen LogP contribution in [0.1, 0.15) is 37.0 Å². The van der Waals surface area contributed by atoms with Gasteiger partial charge in [0.25, 0.3) is 0 Å². The molecule has 1 aromatic rings. The zero-order valence-electron chi connectivity index (χ0n) is 12.1. The van der Waals surface area contributed by atoms with Crippen molar-refractivity contribution in [1.82, 2.24) is 4.90 Å². The van der Waals surface area contributed by atoms with Crippen molar-refractivity contribution in [3.05, 3.63) is 29.6 Å². The number of hydrogen-bond donors (Lipinski definition) is 2. The number of amides is 2. The van der Waals surface area contributed by atoms with Crippen LogP contribution in [0.5, 0.6) is 0 Å². The van der Waals surface area contributed by atoms with Crippen molar-refractivity contribution >= 4 is 17.7 Å². The van der Waals surface area contributed by atoms with Gasteiger partial charge in [0.1, 0.15) is 5.82 Å². The van der Waals surface area contributed by atoms with E-state index in [2.05, 4.69) is 19.2 Å². The summed E-state index contributed by atoms with van der Waals surface area (Å²) in [5.41, 5.74) is -0.107. The van der Waals surface area contributed by atoms with Crippen molar-refractivity contribution in [3.63, 3.8) is 0 Å². The molecular formula is C15H19FN2O3. The highest BCUT2D eigenvalue weighted by Crippen LogP contribution is 2.29. The molecule has 2 N–H and O–H groups in total. The summed E-state index contributed by atoms with van der Waals surface area (Å²) in [4.78, 5) is 25.0. The Hall–Kier alpha value is -2.11. The molecule has 0 unspecified atom stereocenters. The quantitative estimate of drug-likeness (QED) is 0.880. The van der Waals surface area contributed by atoms with Crippen LogP contribution in [0.25, 0.3) is 0 Å². The molecule has 0 radical (unpaired) electrons. The number of carbonyl (C=O) groups excluding carboxylic acids is 1. The van der Waals surface area contributed by atoms with Gasteiger partial charge in [0.2, 0.25) is 0 Å². The van der Waals surface area contributed by atoms with Crippen molar-refractivity contribution < 1.29 is 19.1 Å². The summed E-state index contributed by atoms with van der Waals surface area (Å²) in [5, 5.41) is 11.6. The summed E-state index contributed by atoms with van der Waals surface area (Å²) in [6.45, 7) is 5.37. The molecule has 1 fully saturated rings. The molecule has 0 bridgehead atoms. The molecule has 114 valence electrons. The van der Waals surface area contributed by atoms with Gasteiger partial charge in [-0.3, -0.25) is 0 Å². The molecule has 21 heavy (non-hydrogen) atoms. The topological polar surface area (TPSA) is 69.6 Å². The van der Waals surface area contributed by atoms with Gasteiger partial charge < -0.3 is 15.3 Å². The third kappa shape index (κ3) is 3.71. The van der Waals surface area contributed by atoms with Gasteiger partial charge in [0, 0.05) is 13.1 Å². The minimum atomic E-state index is -1.20. The van der Waals surface area contributed by atoms with E-state index in [1.807, 2.05) is 0 Å². The van der Waals surface area contributed by atoms with E-state index in [0.717, 1.165) is 31.0 Å². The van der Waals surface area contributed by atoms with Gasteiger partial charge >= 0.3 is 12.0 Å². The largest absolute Gasteiger partial charge is 0.478 e. The molecule has 1 aromatic carbocycles. The maximum atomic E-state index is 13.3. The Morgan fingerprint density at radius 3 is 2.71 bits per heavy atom. The predicted octanol–water partition coefficient (Wildman–Crippen LogP) is 3.18. The predicted molar refractivity (Wildman–Crippen MR) is 77.0 cm³/mol. The Balaban J connectivity index is 2.16. The molecule has 0 aromatic heterocycles. The van der Waals surface area contributed by atoms with Gasteiger partial charge in [0.05, 0.1) is 11.3 Å². The van der Waals surface area contributed by atoms with Crippen molar-refractivity contribution in [3.8, 4) is 0 Å². The molecular weight excluding hydrogens is 275 g/mol. The molecule has 2 amide bonds. The number of rotatable bonds is 2. The van der Waals surface area contributed by atoms with Crippen molar-refractivity contribution in [2.75, 3.05) is 18.4 Å². The van der Waals surface area contributed by atoms with Crippen LogP contribution in [0.3, 0.4) is 0 Å². The second kappa shape index (κ2) is 5.71. The Morgan fingerprint density at radius 1 is 1.38 bits per heavy atom. The first-order valence-corrected chi connectivity index (χ1v) is 6.87. The number of carboxylic acids is 1. The lowest BCUT2D eigenvalue weighted by Gasteiger charge is -2.38. The van der Waals surface area contributed by atoms with Gasteiger partial charge in [0.15, 0.2) is 0 Å². The molecule has 1 heterocycles. The Bertz CT molecular complexity index is 572. The average Bonchev–Trinajstić information content (AvgIpc) is 2.37. The Labute approximate surface area is 122 Å². The summed E-state index contributed by atoms with van der Waals surface area (Å²) in [6, 6.07) is 2.84. The summed E-state index contributed by atoms with van der Waals surface area (Å²) < 4.78 is 13.3. The van der Waals surface area contributed by atoms with Gasteiger partial charge in [-0.2, -0.15) is 0 Å². The minimum Gasteiger partial charge on any atom is -0.478 e. The van der Waals surface area contributed by atoms with Crippen molar-refractivity contribution in [1.29, 1.82) is 0 Å². The molecule has 0 saturated carbocycles. The van der Waals surface area contributed by atoms with Crippen molar-refractivity contribution in [2.24, 2.45) is 5.41 Å². The highest BCUT2D eigenvalue weighted by molar-refractivity contribution is 6.00. The lowest BCUT2D eigenvalue weighted by molar-refractivity contribution is 0.0698. The zero-order valence-corrected chi connectivity index (χ0v) is 12.1. The standard InChI is InChI=1S/C15H19FN2O3/c1-15(2)6-3-7-18(9-15)14(21)17-12-8-10(16)4-5-11(12)13(19)20/h4-5,8H,3,6-7,9H2,1-2H3,(H,17,21)(H,19,20). The van der Waals surface area contributed by atoms with Crippen LogP contribution in [-0.2, 0) is 0 Å². The van der Waals surface area contributed by atoms with E-state index >= 15 is 0 Å². The van der Waals surface area contributed by atoms with Crippen LogP contribution >= 0.6 is 0 Å². The first-order chi connectivity index (χ1) is 9.78. The van der Waals surface area contributed by atoms with Gasteiger partial charge in [-0.1, -0.05) is 13.8 Å². The van der Waals surface area contributed by atoms with Crippen molar-refractivity contribution in [2.45, 2.75) is 26.7 Å². The van der Waals surface area contributed by atoms with E-state index in [1.165, 1.54) is 0 Å². The summed E-state index contributed by atoms with van der Waals surface area (Å²) in [5.74, 6) is -1.79. The SMILES string of the molecule is CC1(C)CCCN(C(=O)Nc2cc(F)ccc2C(=O)O)C1. The van der Waals surface area contributed by atoms with E-state index in [-0.39, 0.29) is 16.7 Å². The fourth-order valence-corrected chi connectivity index (χ4v) is 2.60. The average molecular weight is 294 g/mol. The second-order valence-corrected chi connectivity index (χ2v) is 6.11. The fourth-order valence-electron chi connectivity index (χ4n) is 2.60. The number of urea groups is 1. The fraction of sp³-hybridized carbons (Fsp3) is 0.467. The summed E-state index contributed by atoms with van der Waals surface area (Å²) >= 11 is 0. The molecule has 1 aliphatic rings. The Morgan fingerprint density at radius 2 is 2.10 bits per heavy atom. The number of carbonyl (C=O) groups is 2. The molecule has 5 nitrogen and oxygen atoms in total. The number of anilines is 1. The first-order valence-electron chi connectivity index (χ1n) is 6.87. The van der Waals surface area contributed by atoms with Gasteiger partial charge in [-0.25, -0.2) is 14.0 Å². The smallest absolute Gasteiger partial charge is 0.337 e. The van der Waals surface area contributed by atoms with Crippen LogP contribution in [0.4, 0.5) is 14.9 Å². The normalized spacial score (nSPS) is 17.4. The van der Waals surface area contributed by atoms with E-state index in [0.29, 0.717) is 13.1 Å². The van der Waals surface area contributed by atoms with E-state index < -0.39 is 17.8 Å². The highest BCUT2D eigenvalue weighted by Gasteiger charge is 2.29. The molecule has 0 aliphatic carbocycles. The second-order valence-electron chi connectivity index (χ2n) is 6.11. The van der Waals surface area contributed by atoms with Crippen LogP contribution in [0.15, 0.2) is 18.2 Å². The van der Waals surface area contributed by atoms with Crippen LogP contribution in [0, 0.1) is 11.2 Å². The number of likely N-dealkylation sites (tertiary alicyclic amines) is 1. The molecule has 1 aliphatic heterocycles. The number of hydrogen-bond acceptors (Lipinski definition) is 2. The number of carboxylic acid groups (broad SMARTS) is 1. The minimum absolute atomic E-state index is 0.0177. The zero-order chi connectivity index (χ0) is 15.6. The van der Waals surface area contributed by atoms with E-state index in [1.54, 1.807) is 4.90 Å². The number of nitrogens with zero attached hydrogens (tertiary/aromatic N) is 1. The molecule has 1 saturated heterocycles. The lowest BCUT2D eigenvalue weighted by atomic mass is 9.84. The van der Waals surface area contributed by atoms with Gasteiger partial charge in [-0.15, -0.1) is 0 Å². The van der Waals surface area contributed by atoms with Gasteiger partial charge in [-0.05, 0) is 36.5 Å². The number of benzene rings is 1. The molecule has 6 heteroatoms. The number of aromatic carboxylic acids is 1. The third-order valence-electron chi connectivity index (χ3n) is 3.64. The maximum Gasteiger partial charge on any atom is 0.337 e. The van der Waals surface area contributed by atoms with E-state index in [4.69, 9.17) is 5.11 Å².